The number of benzene rings is 2. The lowest BCUT2D eigenvalue weighted by Crippen LogP contribution is -2.40. The first kappa shape index (κ1) is 37.4. The maximum Gasteiger partial charge on any atom is 0.365 e. The summed E-state index contributed by atoms with van der Waals surface area (Å²) < 4.78 is 5.42. The number of Topliss-reactive ketones (excluding diaryl/α,β-unsaturated/α-hetero) is 1. The predicted octanol–water partition coefficient (Wildman–Crippen LogP) is 8.59. The van der Waals surface area contributed by atoms with Crippen LogP contribution >= 0.6 is 11.6 Å². The van der Waals surface area contributed by atoms with Crippen LogP contribution in [0.5, 0.6) is 0 Å². The number of carbonyl (C=O) groups is 3. The maximum atomic E-state index is 13.1. The zero-order valence-electron chi connectivity index (χ0n) is 26.5. The van der Waals surface area contributed by atoms with Gasteiger partial charge in [-0.1, -0.05) is 120 Å². The number of rotatable bonds is 22. The summed E-state index contributed by atoms with van der Waals surface area (Å²) in [5, 5.41) is 24.2. The van der Waals surface area contributed by atoms with Crippen LogP contribution in [0.4, 0.5) is 11.4 Å². The summed E-state index contributed by atoms with van der Waals surface area (Å²) >= 11 is 6.26. The lowest BCUT2D eigenvalue weighted by molar-refractivity contribution is -0.350. The van der Waals surface area contributed by atoms with Gasteiger partial charge >= 0.3 is 11.8 Å². The molecule has 10 nitrogen and oxygen atoms in total. The molecule has 0 aliphatic heterocycles. The van der Waals surface area contributed by atoms with E-state index in [0.29, 0.717) is 0 Å². The molecule has 0 aliphatic carbocycles. The highest BCUT2D eigenvalue weighted by atomic mass is 35.5. The van der Waals surface area contributed by atoms with E-state index < -0.39 is 34.5 Å². The maximum absolute atomic E-state index is 13.1. The van der Waals surface area contributed by atoms with Gasteiger partial charge in [-0.15, -0.1) is 0 Å². The molecule has 1 unspecified atom stereocenters. The van der Waals surface area contributed by atoms with Crippen molar-refractivity contribution in [3.63, 3.8) is 0 Å². The predicted molar refractivity (Wildman–Crippen MR) is 179 cm³/mol. The lowest BCUT2D eigenvalue weighted by Gasteiger charge is -2.19. The first-order valence-electron chi connectivity index (χ1n) is 16.0. The molecule has 2 rings (SSSR count). The van der Waals surface area contributed by atoms with Crippen molar-refractivity contribution in [2.45, 2.75) is 110 Å². The Morgan fingerprint density at radius 2 is 1.42 bits per heavy atom. The minimum absolute atomic E-state index is 0.0708. The Bertz CT molecular complexity index is 1290. The molecule has 0 bridgehead atoms. The molecule has 1 atom stereocenters. The second-order valence-electron chi connectivity index (χ2n) is 11.3. The lowest BCUT2D eigenvalue weighted by atomic mass is 10.0. The second kappa shape index (κ2) is 21.0. The minimum Gasteiger partial charge on any atom is -0.462 e. The molecule has 0 aliphatic rings. The monoisotopic (exact) mass is 642 g/mol. The number of unbranched alkanes of at least 4 members (excludes halogenated alkanes) is 13. The topological polar surface area (TPSA) is 151 Å². The molecule has 0 saturated heterocycles. The number of hydrogen-bond donors (Lipinski definition) is 3. The summed E-state index contributed by atoms with van der Waals surface area (Å²) in [6.07, 6.45) is 17.3. The molecule has 2 aromatic carbocycles. The van der Waals surface area contributed by atoms with Crippen LogP contribution in [0.1, 0.15) is 120 Å². The van der Waals surface area contributed by atoms with Gasteiger partial charge in [0.25, 0.3) is 5.91 Å². The largest absolute Gasteiger partial charge is 0.462 e. The first-order valence-corrected chi connectivity index (χ1v) is 16.4. The number of nitrogens with one attached hydrogen (secondary N) is 3. The first-order chi connectivity index (χ1) is 21.6. The summed E-state index contributed by atoms with van der Waals surface area (Å²) in [6, 6.07) is 8.70. The quantitative estimate of drug-likeness (QED) is 0.0221. The fourth-order valence-electron chi connectivity index (χ4n) is 4.92. The molecule has 2 aromatic rings. The van der Waals surface area contributed by atoms with Gasteiger partial charge in [-0.25, -0.2) is 4.79 Å². The standard InChI is InChI=1S/C34H47ClN4O6/c1-3-4-5-6-7-8-9-10-11-12-13-14-15-18-23-45-34(42)26-21-22-28(35)30(24-26)38-33(41)31(25(2)40)37-29-20-17-16-19-27(29)32(36)39(43)44/h16-17,19-22,24,31,36-37H,3-15,18,23H2,1-2H3,(H,38,41). The minimum atomic E-state index is -1.45. The van der Waals surface area contributed by atoms with Gasteiger partial charge in [0, 0.05) is 0 Å². The van der Waals surface area contributed by atoms with Crippen molar-refractivity contribution in [3.8, 4) is 0 Å². The van der Waals surface area contributed by atoms with Crippen LogP contribution in [-0.4, -0.2) is 41.1 Å². The number of esters is 1. The molecule has 3 N–H and O–H groups in total. The van der Waals surface area contributed by atoms with Crippen molar-refractivity contribution in [3.05, 3.63) is 68.7 Å². The highest BCUT2D eigenvalue weighted by molar-refractivity contribution is 6.34. The second-order valence-corrected chi connectivity index (χ2v) is 11.7. The average Bonchev–Trinajstić information content (AvgIpc) is 3.02. The number of amidine groups is 1. The van der Waals surface area contributed by atoms with E-state index in [2.05, 4.69) is 17.6 Å². The number of nitro groups is 1. The Morgan fingerprint density at radius 1 is 0.867 bits per heavy atom. The van der Waals surface area contributed by atoms with Crippen LogP contribution in [0, 0.1) is 15.5 Å². The molecule has 0 spiro atoms. The third-order valence-electron chi connectivity index (χ3n) is 7.52. The number of carbonyl (C=O) groups excluding carboxylic acids is 3. The van der Waals surface area contributed by atoms with Gasteiger partial charge in [0.15, 0.2) is 11.8 Å². The summed E-state index contributed by atoms with van der Waals surface area (Å²) in [5.41, 5.74) is 0.286. The molecule has 45 heavy (non-hydrogen) atoms. The van der Waals surface area contributed by atoms with Gasteiger partial charge in [0.2, 0.25) is 0 Å². The van der Waals surface area contributed by atoms with Crippen molar-refractivity contribution < 1.29 is 24.0 Å². The molecule has 0 radical (unpaired) electrons. The zero-order chi connectivity index (χ0) is 33.0. The summed E-state index contributed by atoms with van der Waals surface area (Å²) in [4.78, 5) is 48.3. The number of amides is 1. The number of hydrogen-bond acceptors (Lipinski definition) is 8. The fraction of sp³-hybridized carbons (Fsp3) is 0.529. The number of para-hydroxylation sites is 1. The van der Waals surface area contributed by atoms with Gasteiger partial charge in [-0.05, 0) is 48.6 Å². The van der Waals surface area contributed by atoms with Crippen molar-refractivity contribution in [1.82, 2.24) is 0 Å². The number of nitrogens with zero attached hydrogens (tertiary/aromatic N) is 1. The normalized spacial score (nSPS) is 11.4. The van der Waals surface area contributed by atoms with Gasteiger partial charge < -0.3 is 25.5 Å². The zero-order valence-corrected chi connectivity index (χ0v) is 27.3. The van der Waals surface area contributed by atoms with Crippen molar-refractivity contribution in [2.75, 3.05) is 17.2 Å². The van der Waals surface area contributed by atoms with Crippen LogP contribution in [0.3, 0.4) is 0 Å². The Kier molecular flexibility index (Phi) is 17.5. The Hall–Kier alpha value is -3.79. The highest BCUT2D eigenvalue weighted by Crippen LogP contribution is 2.25. The molecule has 0 aromatic heterocycles. The van der Waals surface area contributed by atoms with E-state index in [1.54, 1.807) is 6.07 Å². The number of ketones is 1. The fourth-order valence-corrected chi connectivity index (χ4v) is 5.08. The molecule has 246 valence electrons. The Balaban J connectivity index is 1.78. The van der Waals surface area contributed by atoms with Crippen LogP contribution < -0.4 is 10.6 Å². The highest BCUT2D eigenvalue weighted by Gasteiger charge is 2.27. The van der Waals surface area contributed by atoms with Gasteiger partial charge in [-0.2, -0.15) is 0 Å². The molecular weight excluding hydrogens is 596 g/mol. The van der Waals surface area contributed by atoms with Crippen LogP contribution in [0.15, 0.2) is 42.5 Å². The van der Waals surface area contributed by atoms with Crippen LogP contribution in [0.2, 0.25) is 5.02 Å². The van der Waals surface area contributed by atoms with E-state index >= 15 is 0 Å². The SMILES string of the molecule is CCCCCCCCCCCCCCCCOC(=O)c1ccc(Cl)c(NC(=O)C(Nc2ccccc2C(=N)[N+](=O)[O-])C(C)=O)c1. The van der Waals surface area contributed by atoms with Gasteiger partial charge in [0.1, 0.15) is 0 Å². The molecular formula is C34H47ClN4O6. The van der Waals surface area contributed by atoms with E-state index in [0.717, 1.165) is 19.3 Å². The Labute approximate surface area is 271 Å². The number of halogens is 1. The third kappa shape index (κ3) is 13.8. The van der Waals surface area contributed by atoms with E-state index in [1.165, 1.54) is 114 Å². The van der Waals surface area contributed by atoms with Crippen molar-refractivity contribution in [1.29, 1.82) is 5.41 Å². The Morgan fingerprint density at radius 3 is 1.98 bits per heavy atom. The summed E-state index contributed by atoms with van der Waals surface area (Å²) in [7, 11) is 0. The van der Waals surface area contributed by atoms with Crippen molar-refractivity contribution in [2.24, 2.45) is 0 Å². The van der Waals surface area contributed by atoms with Crippen LogP contribution in [-0.2, 0) is 14.3 Å². The van der Waals surface area contributed by atoms with E-state index in [-0.39, 0.29) is 34.1 Å². The molecule has 0 heterocycles. The summed E-state index contributed by atoms with van der Waals surface area (Å²) in [5.74, 6) is -2.80. The smallest absolute Gasteiger partial charge is 0.365 e. The van der Waals surface area contributed by atoms with E-state index in [4.69, 9.17) is 21.7 Å². The summed E-state index contributed by atoms with van der Waals surface area (Å²) in [6.45, 7) is 3.72. The molecule has 1 amide bonds. The van der Waals surface area contributed by atoms with Crippen molar-refractivity contribution >= 4 is 46.5 Å². The van der Waals surface area contributed by atoms with Gasteiger partial charge in [0.05, 0.1) is 34.1 Å². The molecule has 0 fully saturated rings. The van der Waals surface area contributed by atoms with E-state index in [1.807, 2.05) is 0 Å². The number of anilines is 2. The molecule has 11 heteroatoms. The van der Waals surface area contributed by atoms with E-state index in [9.17, 15) is 24.5 Å². The number of ether oxygens (including phenoxy) is 1. The average molecular weight is 643 g/mol. The van der Waals surface area contributed by atoms with Gasteiger partial charge in [-0.3, -0.25) is 9.59 Å². The third-order valence-corrected chi connectivity index (χ3v) is 7.85. The van der Waals surface area contributed by atoms with Crippen LogP contribution in [0.25, 0.3) is 0 Å². The molecule has 0 saturated carbocycles.